The van der Waals surface area contributed by atoms with Crippen molar-refractivity contribution < 1.29 is 26.8 Å². The van der Waals surface area contributed by atoms with Crippen molar-refractivity contribution in [2.24, 2.45) is 0 Å². The van der Waals surface area contributed by atoms with Crippen LogP contribution in [0, 0.1) is 11.6 Å². The summed E-state index contributed by atoms with van der Waals surface area (Å²) in [5.74, 6) is -2.44. The number of hydrogen-bond acceptors (Lipinski definition) is 4. The lowest BCUT2D eigenvalue weighted by Crippen LogP contribution is -2.49. The normalized spacial score (nSPS) is 15.2. The van der Waals surface area contributed by atoms with Gasteiger partial charge in [-0.3, -0.25) is 9.59 Å². The van der Waals surface area contributed by atoms with E-state index < -0.39 is 27.6 Å². The second-order valence-corrected chi connectivity index (χ2v) is 8.45. The van der Waals surface area contributed by atoms with Crippen LogP contribution in [-0.2, 0) is 14.8 Å². The SMILES string of the molecule is CC(=O)N1CCN(S(=O)(=O)c2ccc(C(=O)Nc3ccc(F)cc3F)cc2)CC1. The molecule has 0 aromatic heterocycles. The molecule has 0 saturated carbocycles. The summed E-state index contributed by atoms with van der Waals surface area (Å²) < 4.78 is 53.4. The van der Waals surface area contributed by atoms with Crippen LogP contribution < -0.4 is 5.32 Å². The number of nitrogens with zero attached hydrogens (tertiary/aromatic N) is 2. The number of carbonyl (C=O) groups is 2. The first-order chi connectivity index (χ1) is 13.7. The Morgan fingerprint density at radius 3 is 2.14 bits per heavy atom. The van der Waals surface area contributed by atoms with Crippen molar-refractivity contribution in [3.05, 3.63) is 59.7 Å². The summed E-state index contributed by atoms with van der Waals surface area (Å²) in [6, 6.07) is 7.98. The van der Waals surface area contributed by atoms with Gasteiger partial charge in [0.05, 0.1) is 10.6 Å². The molecular weight excluding hydrogens is 404 g/mol. The molecule has 0 bridgehead atoms. The van der Waals surface area contributed by atoms with Crippen LogP contribution in [0.3, 0.4) is 0 Å². The fourth-order valence-corrected chi connectivity index (χ4v) is 4.38. The van der Waals surface area contributed by atoms with E-state index in [9.17, 15) is 26.8 Å². The minimum atomic E-state index is -3.76. The lowest BCUT2D eigenvalue weighted by atomic mass is 10.2. The van der Waals surface area contributed by atoms with Crippen LogP contribution in [0.1, 0.15) is 17.3 Å². The smallest absolute Gasteiger partial charge is 0.255 e. The standard InChI is InChI=1S/C19H19F2N3O4S/c1-13(25)23-8-10-24(11-9-23)29(27,28)16-5-2-14(3-6-16)19(26)22-18-7-4-15(20)12-17(18)21/h2-7,12H,8-11H2,1H3,(H,22,26). The predicted molar refractivity (Wildman–Crippen MR) is 102 cm³/mol. The second-order valence-electron chi connectivity index (χ2n) is 6.51. The fraction of sp³-hybridized carbons (Fsp3) is 0.263. The average molecular weight is 423 g/mol. The van der Waals surface area contributed by atoms with Gasteiger partial charge in [-0.15, -0.1) is 0 Å². The van der Waals surface area contributed by atoms with Crippen LogP contribution in [0.15, 0.2) is 47.4 Å². The number of amides is 2. The first kappa shape index (κ1) is 20.9. The van der Waals surface area contributed by atoms with Crippen molar-refractivity contribution >= 4 is 27.5 Å². The number of piperazine rings is 1. The number of nitrogens with one attached hydrogen (secondary N) is 1. The fourth-order valence-electron chi connectivity index (χ4n) is 2.96. The zero-order chi connectivity index (χ0) is 21.2. The molecule has 1 N–H and O–H groups in total. The van der Waals surface area contributed by atoms with Gasteiger partial charge < -0.3 is 10.2 Å². The van der Waals surface area contributed by atoms with Crippen molar-refractivity contribution in [3.63, 3.8) is 0 Å². The first-order valence-electron chi connectivity index (χ1n) is 8.80. The molecule has 0 unspecified atom stereocenters. The number of benzene rings is 2. The largest absolute Gasteiger partial charge is 0.340 e. The summed E-state index contributed by atoms with van der Waals surface area (Å²) in [5, 5.41) is 2.31. The molecule has 1 fully saturated rings. The van der Waals surface area contributed by atoms with E-state index in [1.54, 1.807) is 4.90 Å². The Morgan fingerprint density at radius 1 is 0.966 bits per heavy atom. The number of hydrogen-bond donors (Lipinski definition) is 1. The summed E-state index contributed by atoms with van der Waals surface area (Å²) in [6.45, 7) is 2.45. The minimum absolute atomic E-state index is 0.0123. The average Bonchev–Trinajstić information content (AvgIpc) is 2.70. The van der Waals surface area contributed by atoms with Crippen molar-refractivity contribution in [1.29, 1.82) is 0 Å². The molecular formula is C19H19F2N3O4S. The Hall–Kier alpha value is -2.85. The van der Waals surface area contributed by atoms with Gasteiger partial charge in [0.1, 0.15) is 11.6 Å². The number of anilines is 1. The highest BCUT2D eigenvalue weighted by molar-refractivity contribution is 7.89. The van der Waals surface area contributed by atoms with E-state index in [0.717, 1.165) is 12.1 Å². The lowest BCUT2D eigenvalue weighted by molar-refractivity contribution is -0.129. The van der Waals surface area contributed by atoms with Crippen molar-refractivity contribution in [2.75, 3.05) is 31.5 Å². The van der Waals surface area contributed by atoms with Gasteiger partial charge in [0.25, 0.3) is 5.91 Å². The lowest BCUT2D eigenvalue weighted by Gasteiger charge is -2.33. The molecule has 0 spiro atoms. The van der Waals surface area contributed by atoms with E-state index in [1.165, 1.54) is 35.5 Å². The van der Waals surface area contributed by atoms with E-state index in [4.69, 9.17) is 0 Å². The van der Waals surface area contributed by atoms with Gasteiger partial charge in [-0.05, 0) is 36.4 Å². The zero-order valence-corrected chi connectivity index (χ0v) is 16.4. The third-order valence-corrected chi connectivity index (χ3v) is 6.53. The van der Waals surface area contributed by atoms with Gasteiger partial charge in [-0.25, -0.2) is 17.2 Å². The molecule has 1 heterocycles. The van der Waals surface area contributed by atoms with Gasteiger partial charge in [-0.1, -0.05) is 0 Å². The highest BCUT2D eigenvalue weighted by Crippen LogP contribution is 2.20. The molecule has 0 radical (unpaired) electrons. The zero-order valence-electron chi connectivity index (χ0n) is 15.6. The first-order valence-corrected chi connectivity index (χ1v) is 10.2. The molecule has 7 nitrogen and oxygen atoms in total. The summed E-state index contributed by atoms with van der Waals surface area (Å²) >= 11 is 0. The van der Waals surface area contributed by atoms with Crippen LogP contribution in [0.25, 0.3) is 0 Å². The monoisotopic (exact) mass is 423 g/mol. The van der Waals surface area contributed by atoms with Crippen LogP contribution in [0.2, 0.25) is 0 Å². The summed E-state index contributed by atoms with van der Waals surface area (Å²) in [5.41, 5.74) is -0.0643. The van der Waals surface area contributed by atoms with Crippen molar-refractivity contribution in [1.82, 2.24) is 9.21 Å². The van der Waals surface area contributed by atoms with Crippen molar-refractivity contribution in [3.8, 4) is 0 Å². The molecule has 1 aliphatic rings. The maximum atomic E-state index is 13.7. The van der Waals surface area contributed by atoms with Gasteiger partial charge in [0, 0.05) is 44.7 Å². The predicted octanol–water partition coefficient (Wildman–Crippen LogP) is 2.07. The highest BCUT2D eigenvalue weighted by atomic mass is 32.2. The second kappa shape index (κ2) is 8.26. The molecule has 0 atom stereocenters. The Balaban J connectivity index is 1.70. The van der Waals surface area contributed by atoms with Gasteiger partial charge in [0.2, 0.25) is 15.9 Å². The van der Waals surface area contributed by atoms with Crippen LogP contribution >= 0.6 is 0 Å². The quantitative estimate of drug-likeness (QED) is 0.816. The maximum Gasteiger partial charge on any atom is 0.255 e. The Bertz CT molecular complexity index is 1030. The molecule has 10 heteroatoms. The van der Waals surface area contributed by atoms with Crippen molar-refractivity contribution in [2.45, 2.75) is 11.8 Å². The Kier molecular flexibility index (Phi) is 5.94. The molecule has 154 valence electrons. The topological polar surface area (TPSA) is 86.8 Å². The summed E-state index contributed by atoms with van der Waals surface area (Å²) in [4.78, 5) is 25.2. The summed E-state index contributed by atoms with van der Waals surface area (Å²) in [7, 11) is -3.76. The number of halogens is 2. The molecule has 2 amide bonds. The Labute approximate surface area is 167 Å². The molecule has 2 aromatic carbocycles. The number of sulfonamides is 1. The number of carbonyl (C=O) groups excluding carboxylic acids is 2. The van der Waals surface area contributed by atoms with E-state index in [0.29, 0.717) is 19.2 Å². The molecule has 1 saturated heterocycles. The molecule has 2 aromatic rings. The van der Waals surface area contributed by atoms with E-state index in [-0.39, 0.29) is 35.1 Å². The van der Waals surface area contributed by atoms with Crippen LogP contribution in [-0.4, -0.2) is 55.6 Å². The van der Waals surface area contributed by atoms with Gasteiger partial charge in [-0.2, -0.15) is 4.31 Å². The molecule has 1 aliphatic heterocycles. The minimum Gasteiger partial charge on any atom is -0.340 e. The van der Waals surface area contributed by atoms with E-state index >= 15 is 0 Å². The van der Waals surface area contributed by atoms with Gasteiger partial charge >= 0.3 is 0 Å². The highest BCUT2D eigenvalue weighted by Gasteiger charge is 2.29. The molecule has 3 rings (SSSR count). The summed E-state index contributed by atoms with van der Waals surface area (Å²) in [6.07, 6.45) is 0. The number of rotatable bonds is 4. The maximum absolute atomic E-state index is 13.7. The van der Waals surface area contributed by atoms with Crippen LogP contribution in [0.5, 0.6) is 0 Å². The van der Waals surface area contributed by atoms with Gasteiger partial charge in [0.15, 0.2) is 0 Å². The molecule has 29 heavy (non-hydrogen) atoms. The Morgan fingerprint density at radius 2 is 1.59 bits per heavy atom. The third-order valence-electron chi connectivity index (χ3n) is 4.62. The van der Waals surface area contributed by atoms with E-state index in [1.807, 2.05) is 0 Å². The third kappa shape index (κ3) is 4.60. The molecule has 0 aliphatic carbocycles. The van der Waals surface area contributed by atoms with Crippen LogP contribution in [0.4, 0.5) is 14.5 Å². The van der Waals surface area contributed by atoms with E-state index in [2.05, 4.69) is 5.32 Å².